The van der Waals surface area contributed by atoms with E-state index in [1.807, 2.05) is 0 Å². The van der Waals surface area contributed by atoms with Gasteiger partial charge in [-0.1, -0.05) is 12.1 Å². The van der Waals surface area contributed by atoms with Gasteiger partial charge in [-0.2, -0.15) is 0 Å². The molecule has 1 aromatic heterocycles. The van der Waals surface area contributed by atoms with Gasteiger partial charge in [-0.25, -0.2) is 4.39 Å². The number of ether oxygens (including phenoxy) is 2. The molecule has 1 heterocycles. The lowest BCUT2D eigenvalue weighted by atomic mass is 10.2. The number of anilines is 1. The molecule has 0 saturated carbocycles. The first-order valence-electron chi connectivity index (χ1n) is 8.06. The minimum Gasteiger partial charge on any atom is -0.494 e. The van der Waals surface area contributed by atoms with Gasteiger partial charge in [0.25, 0.3) is 11.6 Å². The van der Waals surface area contributed by atoms with E-state index >= 15 is 0 Å². The van der Waals surface area contributed by atoms with Gasteiger partial charge in [0, 0.05) is 11.6 Å². The van der Waals surface area contributed by atoms with Crippen LogP contribution in [0.25, 0.3) is 0 Å². The largest absolute Gasteiger partial charge is 0.494 e. The van der Waals surface area contributed by atoms with Crippen molar-refractivity contribution < 1.29 is 23.6 Å². The first-order valence-corrected chi connectivity index (χ1v) is 8.94. The Bertz CT molecular complexity index is 1020. The monoisotopic (exact) mass is 402 g/mol. The van der Waals surface area contributed by atoms with Gasteiger partial charge in [0.2, 0.25) is 0 Å². The average molecular weight is 402 g/mol. The normalized spacial score (nSPS) is 10.4. The second-order valence-corrected chi connectivity index (χ2v) is 6.55. The van der Waals surface area contributed by atoms with Crippen LogP contribution in [0.5, 0.6) is 11.5 Å². The van der Waals surface area contributed by atoms with Crippen molar-refractivity contribution in [2.45, 2.75) is 6.61 Å². The topological polar surface area (TPSA) is 90.7 Å². The zero-order valence-corrected chi connectivity index (χ0v) is 15.5. The number of rotatable bonds is 7. The fourth-order valence-electron chi connectivity index (χ4n) is 2.37. The molecule has 3 aromatic rings. The number of hydrogen-bond donors (Lipinski definition) is 1. The van der Waals surface area contributed by atoms with Crippen LogP contribution in [0, 0.1) is 15.9 Å². The molecule has 0 saturated heterocycles. The fraction of sp³-hybridized carbons (Fsp3) is 0.105. The number of nitrogens with zero attached hydrogens (tertiary/aromatic N) is 1. The van der Waals surface area contributed by atoms with Crippen LogP contribution in [0.4, 0.5) is 15.8 Å². The Labute approximate surface area is 163 Å². The maximum atomic E-state index is 13.6. The standard InChI is InChI=1S/C19H15FN2O5S/c1-26-17-9-13(22(24)25)6-7-15(17)21-19(23)18-8-12(11-28-18)10-27-16-5-3-2-4-14(16)20/h2-9,11H,10H2,1H3,(H,21,23). The number of nitro benzene ring substituents is 1. The van der Waals surface area contributed by atoms with Crippen LogP contribution in [0.15, 0.2) is 53.9 Å². The number of para-hydroxylation sites is 1. The Hall–Kier alpha value is -3.46. The molecule has 1 amide bonds. The van der Waals surface area contributed by atoms with Crippen LogP contribution in [0.3, 0.4) is 0 Å². The van der Waals surface area contributed by atoms with Crippen molar-refractivity contribution >= 4 is 28.6 Å². The highest BCUT2D eigenvalue weighted by Crippen LogP contribution is 2.30. The number of methoxy groups -OCH3 is 1. The van der Waals surface area contributed by atoms with E-state index in [2.05, 4.69) is 5.32 Å². The molecule has 0 aliphatic carbocycles. The summed E-state index contributed by atoms with van der Waals surface area (Å²) in [6, 6.07) is 11.6. The van der Waals surface area contributed by atoms with Crippen LogP contribution in [0.2, 0.25) is 0 Å². The maximum Gasteiger partial charge on any atom is 0.273 e. The molecule has 28 heavy (non-hydrogen) atoms. The average Bonchev–Trinajstić information content (AvgIpc) is 3.16. The SMILES string of the molecule is COc1cc([N+](=O)[O-])ccc1NC(=O)c1cc(COc2ccccc2F)cs1. The van der Waals surface area contributed by atoms with E-state index in [4.69, 9.17) is 9.47 Å². The zero-order chi connectivity index (χ0) is 20.1. The number of nitro groups is 1. The van der Waals surface area contributed by atoms with Crippen molar-refractivity contribution in [3.8, 4) is 11.5 Å². The Balaban J connectivity index is 1.67. The highest BCUT2D eigenvalue weighted by Gasteiger charge is 2.16. The van der Waals surface area contributed by atoms with Crippen LogP contribution in [-0.4, -0.2) is 17.9 Å². The molecule has 0 bridgehead atoms. The summed E-state index contributed by atoms with van der Waals surface area (Å²) in [5.41, 5.74) is 0.892. The summed E-state index contributed by atoms with van der Waals surface area (Å²) in [7, 11) is 1.36. The van der Waals surface area contributed by atoms with E-state index in [1.54, 1.807) is 23.6 Å². The van der Waals surface area contributed by atoms with Crippen molar-refractivity contribution in [1.82, 2.24) is 0 Å². The van der Waals surface area contributed by atoms with Crippen LogP contribution in [0.1, 0.15) is 15.2 Å². The summed E-state index contributed by atoms with van der Waals surface area (Å²) >= 11 is 1.20. The van der Waals surface area contributed by atoms with Gasteiger partial charge in [0.05, 0.1) is 28.7 Å². The summed E-state index contributed by atoms with van der Waals surface area (Å²) < 4.78 is 24.1. The van der Waals surface area contributed by atoms with Crippen molar-refractivity contribution in [2.24, 2.45) is 0 Å². The quantitative estimate of drug-likeness (QED) is 0.459. The van der Waals surface area contributed by atoms with E-state index in [1.165, 1.54) is 48.8 Å². The second kappa shape index (κ2) is 8.49. The van der Waals surface area contributed by atoms with E-state index in [9.17, 15) is 19.3 Å². The third-order valence-electron chi connectivity index (χ3n) is 3.75. The first kappa shape index (κ1) is 19.3. The van der Waals surface area contributed by atoms with Crippen LogP contribution >= 0.6 is 11.3 Å². The number of carbonyl (C=O) groups is 1. The molecule has 0 aliphatic rings. The zero-order valence-electron chi connectivity index (χ0n) is 14.7. The Morgan fingerprint density at radius 2 is 2.00 bits per heavy atom. The molecule has 0 atom stereocenters. The molecule has 0 fully saturated rings. The third-order valence-corrected chi connectivity index (χ3v) is 4.73. The maximum absolute atomic E-state index is 13.6. The molecule has 2 aromatic carbocycles. The van der Waals surface area contributed by atoms with Gasteiger partial charge in [-0.3, -0.25) is 14.9 Å². The van der Waals surface area contributed by atoms with Crippen molar-refractivity contribution in [3.05, 3.63) is 80.3 Å². The van der Waals surface area contributed by atoms with Gasteiger partial charge in [-0.05, 0) is 29.6 Å². The molecule has 0 unspecified atom stereocenters. The molecular formula is C19H15FN2O5S. The lowest BCUT2D eigenvalue weighted by molar-refractivity contribution is -0.384. The van der Waals surface area contributed by atoms with E-state index in [0.717, 1.165) is 0 Å². The van der Waals surface area contributed by atoms with Crippen molar-refractivity contribution in [2.75, 3.05) is 12.4 Å². The molecule has 1 N–H and O–H groups in total. The summed E-state index contributed by atoms with van der Waals surface area (Å²) in [6.07, 6.45) is 0. The van der Waals surface area contributed by atoms with E-state index in [-0.39, 0.29) is 23.8 Å². The highest BCUT2D eigenvalue weighted by atomic mass is 32.1. The van der Waals surface area contributed by atoms with Gasteiger partial charge >= 0.3 is 0 Å². The predicted octanol–water partition coefficient (Wildman–Crippen LogP) is 4.64. The first-order chi connectivity index (χ1) is 13.5. The van der Waals surface area contributed by atoms with Crippen molar-refractivity contribution in [3.63, 3.8) is 0 Å². The fourth-order valence-corrected chi connectivity index (χ4v) is 3.17. The number of halogens is 1. The van der Waals surface area contributed by atoms with Gasteiger partial charge < -0.3 is 14.8 Å². The number of amides is 1. The summed E-state index contributed by atoms with van der Waals surface area (Å²) in [5.74, 6) is -0.534. The van der Waals surface area contributed by atoms with E-state index in [0.29, 0.717) is 16.1 Å². The third kappa shape index (κ3) is 4.44. The number of nitrogens with one attached hydrogen (secondary N) is 1. The summed E-state index contributed by atoms with van der Waals surface area (Å²) in [4.78, 5) is 23.2. The number of thiophene rings is 1. The Morgan fingerprint density at radius 1 is 1.21 bits per heavy atom. The minimum atomic E-state index is -0.546. The Morgan fingerprint density at radius 3 is 2.71 bits per heavy atom. The smallest absolute Gasteiger partial charge is 0.273 e. The van der Waals surface area contributed by atoms with Crippen molar-refractivity contribution in [1.29, 1.82) is 0 Å². The molecule has 0 aliphatic heterocycles. The second-order valence-electron chi connectivity index (χ2n) is 5.63. The Kier molecular flexibility index (Phi) is 5.85. The molecule has 0 spiro atoms. The summed E-state index contributed by atoms with van der Waals surface area (Å²) in [5, 5.41) is 15.2. The number of benzene rings is 2. The molecule has 7 nitrogen and oxygen atoms in total. The van der Waals surface area contributed by atoms with Gasteiger partial charge in [0.1, 0.15) is 12.4 Å². The van der Waals surface area contributed by atoms with Gasteiger partial charge in [-0.15, -0.1) is 11.3 Å². The number of carbonyl (C=O) groups excluding carboxylic acids is 1. The number of non-ortho nitro benzene ring substituents is 1. The molecular weight excluding hydrogens is 387 g/mol. The molecule has 0 radical (unpaired) electrons. The molecule has 3 rings (SSSR count). The molecule has 144 valence electrons. The number of hydrogen-bond acceptors (Lipinski definition) is 6. The molecule has 9 heteroatoms. The van der Waals surface area contributed by atoms with Crippen LogP contribution in [-0.2, 0) is 6.61 Å². The lowest BCUT2D eigenvalue weighted by Gasteiger charge is -2.09. The van der Waals surface area contributed by atoms with E-state index < -0.39 is 16.6 Å². The van der Waals surface area contributed by atoms with Crippen LogP contribution < -0.4 is 14.8 Å². The summed E-state index contributed by atoms with van der Waals surface area (Å²) in [6.45, 7) is 0.117. The van der Waals surface area contributed by atoms with Gasteiger partial charge in [0.15, 0.2) is 11.6 Å². The highest BCUT2D eigenvalue weighted by molar-refractivity contribution is 7.12. The minimum absolute atomic E-state index is 0.117. The predicted molar refractivity (Wildman–Crippen MR) is 103 cm³/mol. The lowest BCUT2D eigenvalue weighted by Crippen LogP contribution is -2.11.